The Morgan fingerprint density at radius 3 is 2.81 bits per heavy atom. The fourth-order valence-electron chi connectivity index (χ4n) is 1.19. The molecular formula is C12H15Br2NS. The van der Waals surface area contributed by atoms with Gasteiger partial charge in [-0.1, -0.05) is 12.1 Å². The van der Waals surface area contributed by atoms with Gasteiger partial charge in [0, 0.05) is 33.5 Å². The number of nitrogens with one attached hydrogen (secondary N) is 1. The summed E-state index contributed by atoms with van der Waals surface area (Å²) in [6.45, 7) is 5.64. The predicted molar refractivity (Wildman–Crippen MR) is 81.1 cm³/mol. The van der Waals surface area contributed by atoms with Gasteiger partial charge in [-0.2, -0.15) is 11.8 Å². The molecule has 0 bridgehead atoms. The summed E-state index contributed by atoms with van der Waals surface area (Å²) in [7, 11) is 0. The van der Waals surface area contributed by atoms with Gasteiger partial charge in [-0.15, -0.1) is 6.58 Å². The summed E-state index contributed by atoms with van der Waals surface area (Å²) in [6.07, 6.45) is 1.94. The molecule has 1 N–H and O–H groups in total. The van der Waals surface area contributed by atoms with Crippen LogP contribution in [0.2, 0.25) is 0 Å². The van der Waals surface area contributed by atoms with E-state index in [4.69, 9.17) is 0 Å². The molecule has 0 aliphatic heterocycles. The first kappa shape index (κ1) is 14.3. The Morgan fingerprint density at radius 1 is 1.31 bits per heavy atom. The van der Waals surface area contributed by atoms with Crippen molar-refractivity contribution >= 4 is 43.6 Å². The maximum Gasteiger partial charge on any atom is 0.0320 e. The van der Waals surface area contributed by atoms with Gasteiger partial charge in [-0.25, -0.2) is 0 Å². The Hall–Kier alpha value is 0.230. The van der Waals surface area contributed by atoms with Crippen molar-refractivity contribution in [3.05, 3.63) is 45.4 Å². The van der Waals surface area contributed by atoms with Crippen LogP contribution in [0.4, 0.5) is 0 Å². The summed E-state index contributed by atoms with van der Waals surface area (Å²) >= 11 is 8.86. The van der Waals surface area contributed by atoms with Crippen molar-refractivity contribution in [2.75, 3.05) is 18.1 Å². The van der Waals surface area contributed by atoms with Crippen molar-refractivity contribution in [2.45, 2.75) is 6.54 Å². The number of benzene rings is 1. The molecule has 1 aromatic rings. The highest BCUT2D eigenvalue weighted by atomic mass is 79.9. The fraction of sp³-hybridized carbons (Fsp3) is 0.333. The molecule has 0 unspecified atom stereocenters. The average molecular weight is 365 g/mol. The van der Waals surface area contributed by atoms with Gasteiger partial charge in [0.2, 0.25) is 0 Å². The van der Waals surface area contributed by atoms with Crippen LogP contribution in [0.3, 0.4) is 0 Å². The molecule has 0 spiro atoms. The molecule has 0 aliphatic carbocycles. The van der Waals surface area contributed by atoms with E-state index >= 15 is 0 Å². The topological polar surface area (TPSA) is 12.0 Å². The van der Waals surface area contributed by atoms with E-state index in [-0.39, 0.29) is 0 Å². The highest BCUT2D eigenvalue weighted by Crippen LogP contribution is 2.23. The summed E-state index contributed by atoms with van der Waals surface area (Å²) in [6, 6.07) is 6.32. The summed E-state index contributed by atoms with van der Waals surface area (Å²) < 4.78 is 2.20. The van der Waals surface area contributed by atoms with Gasteiger partial charge in [0.1, 0.15) is 0 Å². The third-order valence-corrected chi connectivity index (χ3v) is 4.82. The molecule has 88 valence electrons. The third-order valence-electron chi connectivity index (χ3n) is 1.97. The van der Waals surface area contributed by atoms with Crippen molar-refractivity contribution in [3.63, 3.8) is 0 Å². The van der Waals surface area contributed by atoms with Gasteiger partial charge in [0.05, 0.1) is 0 Å². The van der Waals surface area contributed by atoms with Gasteiger partial charge in [0.25, 0.3) is 0 Å². The number of thioether (sulfide) groups is 1. The molecule has 0 radical (unpaired) electrons. The van der Waals surface area contributed by atoms with Crippen molar-refractivity contribution in [2.24, 2.45) is 0 Å². The van der Waals surface area contributed by atoms with Gasteiger partial charge in [-0.3, -0.25) is 0 Å². The van der Waals surface area contributed by atoms with Crippen LogP contribution in [0.25, 0.3) is 0 Å². The van der Waals surface area contributed by atoms with Crippen LogP contribution in [-0.4, -0.2) is 18.1 Å². The number of hydrogen-bond donors (Lipinski definition) is 1. The molecule has 0 aliphatic rings. The van der Waals surface area contributed by atoms with E-state index in [1.807, 2.05) is 17.8 Å². The summed E-state index contributed by atoms with van der Waals surface area (Å²) in [4.78, 5) is 0. The molecule has 0 saturated heterocycles. The van der Waals surface area contributed by atoms with Crippen LogP contribution in [0, 0.1) is 0 Å². The van der Waals surface area contributed by atoms with Crippen LogP contribution in [0.5, 0.6) is 0 Å². The lowest BCUT2D eigenvalue weighted by molar-refractivity contribution is 0.732. The zero-order valence-corrected chi connectivity index (χ0v) is 13.0. The van der Waals surface area contributed by atoms with Crippen molar-refractivity contribution in [1.82, 2.24) is 5.32 Å². The minimum atomic E-state index is 0.917. The van der Waals surface area contributed by atoms with E-state index in [1.165, 1.54) is 5.56 Å². The standard InChI is InChI=1S/C12H15Br2NS/c1-2-6-16-7-5-15-9-10-3-4-11(13)12(14)8-10/h2-4,8,15H,1,5-7,9H2. The first-order chi connectivity index (χ1) is 7.74. The molecule has 1 aromatic carbocycles. The molecule has 0 atom stereocenters. The molecule has 1 rings (SSSR count). The molecule has 0 fully saturated rings. The second-order valence-corrected chi connectivity index (χ2v) is 6.15. The smallest absolute Gasteiger partial charge is 0.0320 e. The van der Waals surface area contributed by atoms with Gasteiger partial charge >= 0.3 is 0 Å². The number of halogens is 2. The number of rotatable bonds is 7. The van der Waals surface area contributed by atoms with E-state index in [9.17, 15) is 0 Å². The zero-order chi connectivity index (χ0) is 11.8. The lowest BCUT2D eigenvalue weighted by atomic mass is 10.2. The largest absolute Gasteiger partial charge is 0.312 e. The minimum absolute atomic E-state index is 0.917. The molecule has 1 nitrogen and oxygen atoms in total. The highest BCUT2D eigenvalue weighted by Gasteiger charge is 1.98. The summed E-state index contributed by atoms with van der Waals surface area (Å²) in [5.74, 6) is 2.16. The summed E-state index contributed by atoms with van der Waals surface area (Å²) in [5.41, 5.74) is 1.30. The molecule has 0 amide bonds. The Kier molecular flexibility index (Phi) is 7.45. The molecular weight excluding hydrogens is 350 g/mol. The lowest BCUT2D eigenvalue weighted by Crippen LogP contribution is -2.16. The van der Waals surface area contributed by atoms with Gasteiger partial charge in [-0.05, 0) is 49.6 Å². The maximum atomic E-state index is 3.69. The second-order valence-electron chi connectivity index (χ2n) is 3.29. The van der Waals surface area contributed by atoms with Crippen molar-refractivity contribution in [3.8, 4) is 0 Å². The van der Waals surface area contributed by atoms with Crippen LogP contribution >= 0.6 is 43.6 Å². The van der Waals surface area contributed by atoms with E-state index in [0.29, 0.717) is 0 Å². The molecule has 0 saturated carbocycles. The van der Waals surface area contributed by atoms with Gasteiger partial charge in [0.15, 0.2) is 0 Å². The molecule has 4 heteroatoms. The zero-order valence-electron chi connectivity index (χ0n) is 9.01. The SMILES string of the molecule is C=CCSCCNCc1ccc(Br)c(Br)c1. The normalized spacial score (nSPS) is 10.4. The molecule has 16 heavy (non-hydrogen) atoms. The van der Waals surface area contributed by atoms with Crippen LogP contribution in [0.15, 0.2) is 39.8 Å². The van der Waals surface area contributed by atoms with E-state index in [0.717, 1.165) is 33.5 Å². The summed E-state index contributed by atoms with van der Waals surface area (Å²) in [5, 5.41) is 3.42. The molecule has 0 aromatic heterocycles. The third kappa shape index (κ3) is 5.53. The molecule has 0 heterocycles. The monoisotopic (exact) mass is 363 g/mol. The van der Waals surface area contributed by atoms with Crippen molar-refractivity contribution in [1.29, 1.82) is 0 Å². The quantitative estimate of drug-likeness (QED) is 0.574. The minimum Gasteiger partial charge on any atom is -0.312 e. The highest BCUT2D eigenvalue weighted by molar-refractivity contribution is 9.13. The maximum absolute atomic E-state index is 3.69. The average Bonchev–Trinajstić information content (AvgIpc) is 2.28. The first-order valence-corrected chi connectivity index (χ1v) is 7.81. The van der Waals surface area contributed by atoms with E-state index in [2.05, 4.69) is 62.0 Å². The van der Waals surface area contributed by atoms with Crippen LogP contribution in [-0.2, 0) is 6.54 Å². The number of hydrogen-bond acceptors (Lipinski definition) is 2. The second kappa shape index (κ2) is 8.34. The Balaban J connectivity index is 2.21. The fourth-order valence-corrected chi connectivity index (χ4v) is 2.49. The van der Waals surface area contributed by atoms with Gasteiger partial charge < -0.3 is 5.32 Å². The predicted octanol–water partition coefficient (Wildman–Crippen LogP) is 4.22. The Morgan fingerprint density at radius 2 is 2.12 bits per heavy atom. The Bertz CT molecular complexity index is 342. The van der Waals surface area contributed by atoms with Crippen LogP contribution < -0.4 is 5.32 Å². The van der Waals surface area contributed by atoms with E-state index in [1.54, 1.807) is 0 Å². The Labute approximate surface area is 118 Å². The van der Waals surface area contributed by atoms with E-state index < -0.39 is 0 Å². The van der Waals surface area contributed by atoms with Crippen LogP contribution in [0.1, 0.15) is 5.56 Å². The lowest BCUT2D eigenvalue weighted by Gasteiger charge is -2.05. The first-order valence-electron chi connectivity index (χ1n) is 5.07. The van der Waals surface area contributed by atoms with Crippen molar-refractivity contribution < 1.29 is 0 Å².